The lowest BCUT2D eigenvalue weighted by atomic mass is 9.98. The van der Waals surface area contributed by atoms with Crippen LogP contribution in [0.2, 0.25) is 0 Å². The van der Waals surface area contributed by atoms with Crippen LogP contribution in [0.15, 0.2) is 91.0 Å². The van der Waals surface area contributed by atoms with E-state index in [0.717, 1.165) is 47.9 Å². The Labute approximate surface area is 217 Å². The van der Waals surface area contributed by atoms with Crippen LogP contribution in [0.4, 0.5) is 13.2 Å². The molecule has 0 aliphatic heterocycles. The first kappa shape index (κ1) is 26.3. The fourth-order valence-electron chi connectivity index (χ4n) is 4.16. The molecule has 0 N–H and O–H groups in total. The van der Waals surface area contributed by atoms with Crippen molar-refractivity contribution in [3.05, 3.63) is 119 Å². The van der Waals surface area contributed by atoms with Crippen molar-refractivity contribution in [1.29, 1.82) is 0 Å². The number of unbranched alkanes of at least 4 members (excludes halogenated alkanes) is 1. The highest BCUT2D eigenvalue weighted by Crippen LogP contribution is 2.30. The number of ether oxygens (including phenoxy) is 1. The minimum atomic E-state index is -0.939. The Morgan fingerprint density at radius 3 is 1.81 bits per heavy atom. The predicted octanol–water partition coefficient (Wildman–Crippen LogP) is 9.25. The number of rotatable bonds is 11. The zero-order chi connectivity index (χ0) is 26.0. The van der Waals surface area contributed by atoms with Gasteiger partial charge in [0.2, 0.25) is 5.82 Å². The van der Waals surface area contributed by atoms with Gasteiger partial charge < -0.3 is 4.74 Å². The summed E-state index contributed by atoms with van der Waals surface area (Å²) in [6, 6.07) is 27.2. The van der Waals surface area contributed by atoms with Crippen LogP contribution in [0.3, 0.4) is 0 Å². The molecule has 0 radical (unpaired) electrons. The number of halogens is 3. The van der Waals surface area contributed by atoms with Crippen molar-refractivity contribution in [1.82, 2.24) is 0 Å². The molecule has 1 nitrogen and oxygen atoms in total. The van der Waals surface area contributed by atoms with Crippen molar-refractivity contribution < 1.29 is 17.9 Å². The quantitative estimate of drug-likeness (QED) is 0.187. The van der Waals surface area contributed by atoms with Crippen LogP contribution in [0, 0.1) is 11.6 Å². The SMILES string of the molecule is CCCCOc1ccc(-c2ccc(CCc3ccc(-c4ccc(C=CCF)cc4)cc3)cc2)c(F)c1F. The van der Waals surface area contributed by atoms with Gasteiger partial charge in [0.1, 0.15) is 6.67 Å². The summed E-state index contributed by atoms with van der Waals surface area (Å²) in [5.41, 5.74) is 6.44. The van der Waals surface area contributed by atoms with Crippen LogP contribution >= 0.6 is 0 Å². The Balaban J connectivity index is 1.36. The molecular formula is C33H31F3O. The molecule has 0 heterocycles. The van der Waals surface area contributed by atoms with Crippen LogP contribution < -0.4 is 4.74 Å². The molecule has 0 bridgehead atoms. The Morgan fingerprint density at radius 2 is 1.24 bits per heavy atom. The molecular weight excluding hydrogens is 469 g/mol. The first-order valence-corrected chi connectivity index (χ1v) is 12.7. The second-order valence-corrected chi connectivity index (χ2v) is 9.01. The summed E-state index contributed by atoms with van der Waals surface area (Å²) < 4.78 is 46.8. The predicted molar refractivity (Wildman–Crippen MR) is 146 cm³/mol. The van der Waals surface area contributed by atoms with Crippen molar-refractivity contribution in [2.45, 2.75) is 32.6 Å². The van der Waals surface area contributed by atoms with E-state index in [9.17, 15) is 13.2 Å². The minimum absolute atomic E-state index is 0.0416. The first-order valence-electron chi connectivity index (χ1n) is 12.7. The highest BCUT2D eigenvalue weighted by Gasteiger charge is 2.15. The molecule has 4 aromatic carbocycles. The standard InChI is InChI=1S/C33H31F3O/c1-2-3-23-37-31-21-20-30(32(35)33(31)36)29-18-12-26(13-19-29)7-6-25-10-16-28(17-11-25)27-14-8-24(9-15-27)5-4-22-34/h4-5,8-21H,2-3,6-7,22-23H2,1H3. The van der Waals surface area contributed by atoms with Crippen molar-refractivity contribution in [2.75, 3.05) is 13.3 Å². The lowest BCUT2D eigenvalue weighted by Gasteiger charge is -2.11. The summed E-state index contributed by atoms with van der Waals surface area (Å²) in [7, 11) is 0. The molecule has 4 heteroatoms. The van der Waals surface area contributed by atoms with E-state index in [-0.39, 0.29) is 11.3 Å². The van der Waals surface area contributed by atoms with Gasteiger partial charge in [-0.25, -0.2) is 8.78 Å². The van der Waals surface area contributed by atoms with Gasteiger partial charge in [-0.3, -0.25) is 0 Å². The Kier molecular flexibility index (Phi) is 9.20. The number of hydrogen-bond acceptors (Lipinski definition) is 1. The molecule has 0 aliphatic rings. The van der Waals surface area contributed by atoms with E-state index in [1.807, 2.05) is 55.5 Å². The van der Waals surface area contributed by atoms with Gasteiger partial charge in [0.15, 0.2) is 11.6 Å². The molecule has 37 heavy (non-hydrogen) atoms. The van der Waals surface area contributed by atoms with Crippen LogP contribution in [-0.2, 0) is 12.8 Å². The molecule has 0 saturated carbocycles. The summed E-state index contributed by atoms with van der Waals surface area (Å²) in [6.07, 6.45) is 6.71. The Morgan fingerprint density at radius 1 is 0.676 bits per heavy atom. The third kappa shape index (κ3) is 6.91. The van der Waals surface area contributed by atoms with Gasteiger partial charge in [-0.15, -0.1) is 0 Å². The Hall–Kier alpha value is -3.79. The van der Waals surface area contributed by atoms with Crippen molar-refractivity contribution in [2.24, 2.45) is 0 Å². The molecule has 190 valence electrons. The molecule has 4 rings (SSSR count). The van der Waals surface area contributed by atoms with E-state index in [2.05, 4.69) is 24.3 Å². The lowest BCUT2D eigenvalue weighted by molar-refractivity contribution is 0.289. The largest absolute Gasteiger partial charge is 0.490 e. The highest BCUT2D eigenvalue weighted by atomic mass is 19.2. The first-order chi connectivity index (χ1) is 18.1. The molecule has 0 amide bonds. The molecule has 0 aliphatic carbocycles. The fourth-order valence-corrected chi connectivity index (χ4v) is 4.16. The summed E-state index contributed by atoms with van der Waals surface area (Å²) in [5.74, 6) is -1.86. The summed E-state index contributed by atoms with van der Waals surface area (Å²) in [5, 5.41) is 0. The van der Waals surface area contributed by atoms with Gasteiger partial charge in [-0.2, -0.15) is 4.39 Å². The molecule has 0 spiro atoms. The monoisotopic (exact) mass is 500 g/mol. The normalized spacial score (nSPS) is 11.2. The van der Waals surface area contributed by atoms with E-state index in [4.69, 9.17) is 4.74 Å². The number of alkyl halides is 1. The van der Waals surface area contributed by atoms with E-state index < -0.39 is 18.3 Å². The molecule has 4 aromatic rings. The summed E-state index contributed by atoms with van der Waals surface area (Å²) in [6.45, 7) is 1.92. The second-order valence-electron chi connectivity index (χ2n) is 9.01. The maximum absolute atomic E-state index is 14.7. The molecule has 0 aromatic heterocycles. The van der Waals surface area contributed by atoms with E-state index >= 15 is 0 Å². The van der Waals surface area contributed by atoms with Gasteiger partial charge >= 0.3 is 0 Å². The average Bonchev–Trinajstić information content (AvgIpc) is 2.94. The van der Waals surface area contributed by atoms with E-state index in [1.165, 1.54) is 17.7 Å². The fraction of sp³-hybridized carbons (Fsp3) is 0.212. The maximum atomic E-state index is 14.7. The third-order valence-corrected chi connectivity index (χ3v) is 6.37. The molecule has 0 unspecified atom stereocenters. The minimum Gasteiger partial charge on any atom is -0.490 e. The topological polar surface area (TPSA) is 9.23 Å². The third-order valence-electron chi connectivity index (χ3n) is 6.37. The maximum Gasteiger partial charge on any atom is 0.201 e. The zero-order valence-corrected chi connectivity index (χ0v) is 21.0. The Bertz CT molecular complexity index is 1310. The van der Waals surface area contributed by atoms with Crippen LogP contribution in [0.25, 0.3) is 28.3 Å². The van der Waals surface area contributed by atoms with Crippen LogP contribution in [0.1, 0.15) is 36.5 Å². The van der Waals surface area contributed by atoms with Gasteiger partial charge in [0.05, 0.1) is 6.61 Å². The van der Waals surface area contributed by atoms with Gasteiger partial charge in [0.25, 0.3) is 0 Å². The van der Waals surface area contributed by atoms with Crippen molar-refractivity contribution in [3.8, 4) is 28.0 Å². The van der Waals surface area contributed by atoms with E-state index in [1.54, 1.807) is 12.1 Å². The molecule has 0 saturated heterocycles. The summed E-state index contributed by atoms with van der Waals surface area (Å²) >= 11 is 0. The van der Waals surface area contributed by atoms with Gasteiger partial charge in [-0.1, -0.05) is 98.3 Å². The highest BCUT2D eigenvalue weighted by molar-refractivity contribution is 5.67. The van der Waals surface area contributed by atoms with Gasteiger partial charge in [0, 0.05) is 5.56 Å². The van der Waals surface area contributed by atoms with E-state index in [0.29, 0.717) is 12.2 Å². The number of allylic oxidation sites excluding steroid dienone is 1. The number of benzene rings is 4. The molecule has 0 atom stereocenters. The zero-order valence-electron chi connectivity index (χ0n) is 21.0. The number of hydrogen-bond donors (Lipinski definition) is 0. The average molecular weight is 501 g/mol. The van der Waals surface area contributed by atoms with Crippen LogP contribution in [0.5, 0.6) is 5.75 Å². The lowest BCUT2D eigenvalue weighted by Crippen LogP contribution is -2.01. The van der Waals surface area contributed by atoms with Crippen LogP contribution in [-0.4, -0.2) is 13.3 Å². The molecule has 0 fully saturated rings. The summed E-state index contributed by atoms with van der Waals surface area (Å²) in [4.78, 5) is 0. The van der Waals surface area contributed by atoms with Crippen molar-refractivity contribution in [3.63, 3.8) is 0 Å². The second kappa shape index (κ2) is 13.0. The smallest absolute Gasteiger partial charge is 0.201 e. The van der Waals surface area contributed by atoms with Gasteiger partial charge in [-0.05, 0) is 64.8 Å². The van der Waals surface area contributed by atoms with Crippen molar-refractivity contribution >= 4 is 6.08 Å². The number of aryl methyl sites for hydroxylation is 2.